The average molecular weight is 385 g/mol. The van der Waals surface area contributed by atoms with Crippen LogP contribution in [0.4, 0.5) is 5.69 Å². The fourth-order valence-corrected chi connectivity index (χ4v) is 4.73. The molecule has 2 aliphatic rings. The molecule has 0 radical (unpaired) electrons. The molecule has 0 amide bonds. The quantitative estimate of drug-likeness (QED) is 0.810. The van der Waals surface area contributed by atoms with Gasteiger partial charge in [-0.1, -0.05) is 36.4 Å². The Morgan fingerprint density at radius 2 is 1.78 bits per heavy atom. The monoisotopic (exact) mass is 385 g/mol. The van der Waals surface area contributed by atoms with Gasteiger partial charge < -0.3 is 9.64 Å². The molecular weight excluding hydrogens is 362 g/mol. The van der Waals surface area contributed by atoms with Gasteiger partial charge in [0.25, 0.3) is 10.1 Å². The van der Waals surface area contributed by atoms with E-state index in [2.05, 4.69) is 37.0 Å². The average Bonchev–Trinajstić information content (AvgIpc) is 2.80. The Bertz CT molecular complexity index is 1010. The SMILES string of the molecule is CC1(C)c2ccccc2N(CCCS(=O)(=O)O)C12C=Cc1ccccc1O2. The third kappa shape index (κ3) is 2.84. The lowest BCUT2D eigenvalue weighted by Crippen LogP contribution is -2.59. The summed E-state index contributed by atoms with van der Waals surface area (Å²) in [5.74, 6) is 0.531. The number of nitrogens with zero attached hydrogens (tertiary/aromatic N) is 1. The molecule has 142 valence electrons. The summed E-state index contributed by atoms with van der Waals surface area (Å²) in [7, 11) is -4.00. The lowest BCUT2D eigenvalue weighted by atomic mass is 9.76. The van der Waals surface area contributed by atoms with E-state index in [-0.39, 0.29) is 11.2 Å². The first-order valence-electron chi connectivity index (χ1n) is 9.04. The Morgan fingerprint density at radius 3 is 2.56 bits per heavy atom. The molecular formula is C21H23NO4S. The normalized spacial score (nSPS) is 22.4. The topological polar surface area (TPSA) is 66.8 Å². The number of ether oxygens (including phenoxy) is 1. The van der Waals surface area contributed by atoms with Crippen LogP contribution in [0.1, 0.15) is 31.4 Å². The number of benzene rings is 2. The van der Waals surface area contributed by atoms with Gasteiger partial charge >= 0.3 is 0 Å². The maximum absolute atomic E-state index is 11.2. The van der Waals surface area contributed by atoms with Crippen molar-refractivity contribution in [2.75, 3.05) is 17.2 Å². The Kier molecular flexibility index (Phi) is 4.09. The van der Waals surface area contributed by atoms with E-state index in [4.69, 9.17) is 9.29 Å². The predicted octanol–water partition coefficient (Wildman–Crippen LogP) is 3.86. The van der Waals surface area contributed by atoms with Crippen molar-refractivity contribution in [1.29, 1.82) is 0 Å². The van der Waals surface area contributed by atoms with Gasteiger partial charge in [-0.15, -0.1) is 0 Å². The van der Waals surface area contributed by atoms with E-state index >= 15 is 0 Å². The summed E-state index contributed by atoms with van der Waals surface area (Å²) in [6.45, 7) is 4.74. The largest absolute Gasteiger partial charge is 0.463 e. The molecule has 2 aromatic rings. The summed E-state index contributed by atoms with van der Waals surface area (Å²) in [4.78, 5) is 2.12. The molecule has 2 aromatic carbocycles. The molecule has 27 heavy (non-hydrogen) atoms. The minimum Gasteiger partial charge on any atom is -0.463 e. The second-order valence-corrected chi connectivity index (χ2v) is 9.18. The summed E-state index contributed by atoms with van der Waals surface area (Å²) in [6.07, 6.45) is 4.45. The van der Waals surface area contributed by atoms with Gasteiger partial charge in [0.2, 0.25) is 5.72 Å². The summed E-state index contributed by atoms with van der Waals surface area (Å²) >= 11 is 0. The molecule has 0 aliphatic carbocycles. The van der Waals surface area contributed by atoms with Gasteiger partial charge in [-0.05, 0) is 50.1 Å². The van der Waals surface area contributed by atoms with Gasteiger partial charge in [-0.2, -0.15) is 8.42 Å². The van der Waals surface area contributed by atoms with Gasteiger partial charge in [0.15, 0.2) is 0 Å². The first kappa shape index (κ1) is 18.1. The highest BCUT2D eigenvalue weighted by Crippen LogP contribution is 2.54. The van der Waals surface area contributed by atoms with Crippen LogP contribution in [0.5, 0.6) is 5.75 Å². The molecule has 1 unspecified atom stereocenters. The molecule has 1 atom stereocenters. The van der Waals surface area contributed by atoms with Crippen LogP contribution < -0.4 is 9.64 Å². The van der Waals surface area contributed by atoms with Crippen LogP contribution in [-0.2, 0) is 15.5 Å². The molecule has 0 saturated heterocycles. The zero-order valence-electron chi connectivity index (χ0n) is 15.4. The second kappa shape index (κ2) is 6.11. The highest BCUT2D eigenvalue weighted by Gasteiger charge is 2.58. The van der Waals surface area contributed by atoms with Crippen LogP contribution in [0, 0.1) is 0 Å². The Hall–Kier alpha value is -2.31. The Labute approximate surface area is 160 Å². The number of hydrogen-bond donors (Lipinski definition) is 1. The van der Waals surface area contributed by atoms with Crippen LogP contribution >= 0.6 is 0 Å². The Morgan fingerprint density at radius 1 is 1.07 bits per heavy atom. The summed E-state index contributed by atoms with van der Waals surface area (Å²) in [5.41, 5.74) is 2.09. The standard InChI is InChI=1S/C21H23NO4S/c1-20(2)17-9-4-5-10-18(17)22(14-7-15-27(23,24)25)21(20)13-12-16-8-3-6-11-19(16)26-21/h3-6,8-13H,7,14-15H2,1-2H3,(H,23,24,25). The summed E-state index contributed by atoms with van der Waals surface area (Å²) in [5, 5.41) is 0. The van der Waals surface area contributed by atoms with E-state index in [1.807, 2.05) is 42.5 Å². The van der Waals surface area contributed by atoms with Crippen molar-refractivity contribution in [2.45, 2.75) is 31.4 Å². The molecule has 0 aromatic heterocycles. The number of fused-ring (bicyclic) bond motifs is 2. The number of rotatable bonds is 4. The fraction of sp³-hybridized carbons (Fsp3) is 0.333. The minimum atomic E-state index is -4.00. The maximum Gasteiger partial charge on any atom is 0.264 e. The highest BCUT2D eigenvalue weighted by atomic mass is 32.2. The van der Waals surface area contributed by atoms with E-state index in [0.29, 0.717) is 13.0 Å². The molecule has 2 heterocycles. The molecule has 2 aliphatic heterocycles. The molecule has 0 fully saturated rings. The van der Waals surface area contributed by atoms with Crippen LogP contribution in [-0.4, -0.2) is 31.0 Å². The lowest BCUT2D eigenvalue weighted by molar-refractivity contribution is 0.0535. The van der Waals surface area contributed by atoms with Crippen LogP contribution in [0.3, 0.4) is 0 Å². The van der Waals surface area contributed by atoms with Crippen molar-refractivity contribution in [3.05, 3.63) is 65.7 Å². The third-order valence-electron chi connectivity index (χ3n) is 5.62. The molecule has 5 nitrogen and oxygen atoms in total. The van der Waals surface area contributed by atoms with Gasteiger partial charge in [-0.3, -0.25) is 4.55 Å². The summed E-state index contributed by atoms with van der Waals surface area (Å²) in [6, 6.07) is 16.0. The van der Waals surface area contributed by atoms with Crippen molar-refractivity contribution >= 4 is 21.9 Å². The van der Waals surface area contributed by atoms with E-state index < -0.39 is 15.8 Å². The van der Waals surface area contributed by atoms with Gasteiger partial charge in [0.1, 0.15) is 5.75 Å². The van der Waals surface area contributed by atoms with Gasteiger partial charge in [-0.25, -0.2) is 0 Å². The smallest absolute Gasteiger partial charge is 0.264 e. The fourth-order valence-electron chi connectivity index (χ4n) is 4.23. The highest BCUT2D eigenvalue weighted by molar-refractivity contribution is 7.85. The zero-order valence-corrected chi connectivity index (χ0v) is 16.2. The third-order valence-corrected chi connectivity index (χ3v) is 6.43. The number of para-hydroxylation sites is 2. The molecule has 1 N–H and O–H groups in total. The van der Waals surface area contributed by atoms with Crippen molar-refractivity contribution in [2.24, 2.45) is 0 Å². The van der Waals surface area contributed by atoms with E-state index in [9.17, 15) is 8.42 Å². The van der Waals surface area contributed by atoms with Gasteiger partial charge in [0, 0.05) is 17.8 Å². The van der Waals surface area contributed by atoms with Crippen molar-refractivity contribution in [3.8, 4) is 5.75 Å². The first-order valence-corrected chi connectivity index (χ1v) is 10.7. The van der Waals surface area contributed by atoms with E-state index in [1.165, 1.54) is 0 Å². The van der Waals surface area contributed by atoms with Crippen molar-refractivity contribution < 1.29 is 17.7 Å². The van der Waals surface area contributed by atoms with E-state index in [1.54, 1.807) is 0 Å². The number of hydrogen-bond acceptors (Lipinski definition) is 4. The second-order valence-electron chi connectivity index (χ2n) is 7.60. The zero-order chi connectivity index (χ0) is 19.3. The van der Waals surface area contributed by atoms with Crippen molar-refractivity contribution in [1.82, 2.24) is 0 Å². The maximum atomic E-state index is 11.2. The van der Waals surface area contributed by atoms with Crippen LogP contribution in [0.25, 0.3) is 6.08 Å². The number of anilines is 1. The Balaban J connectivity index is 1.79. The van der Waals surface area contributed by atoms with Crippen molar-refractivity contribution in [3.63, 3.8) is 0 Å². The molecule has 1 spiro atoms. The molecule has 6 heteroatoms. The molecule has 0 bridgehead atoms. The molecule has 4 rings (SSSR count). The minimum absolute atomic E-state index is 0.275. The molecule has 0 saturated carbocycles. The first-order chi connectivity index (χ1) is 12.7. The summed E-state index contributed by atoms with van der Waals surface area (Å²) < 4.78 is 38.1. The van der Waals surface area contributed by atoms with Crippen LogP contribution in [0.2, 0.25) is 0 Å². The van der Waals surface area contributed by atoms with Gasteiger partial charge in [0.05, 0.1) is 11.2 Å². The van der Waals surface area contributed by atoms with E-state index in [0.717, 1.165) is 22.6 Å². The predicted molar refractivity (Wildman–Crippen MR) is 107 cm³/mol. The van der Waals surface area contributed by atoms with Crippen LogP contribution in [0.15, 0.2) is 54.6 Å². The lowest BCUT2D eigenvalue weighted by Gasteiger charge is -2.47.